The van der Waals surface area contributed by atoms with E-state index >= 15 is 0 Å². The first-order chi connectivity index (χ1) is 10.1. The third-order valence-corrected chi connectivity index (χ3v) is 3.65. The monoisotopic (exact) mass is 304 g/mol. The molecule has 3 rings (SSSR count). The molecule has 0 saturated heterocycles. The number of nitrogens with zero attached hydrogens (tertiary/aromatic N) is 1. The molecule has 0 saturated carbocycles. The van der Waals surface area contributed by atoms with Crippen LogP contribution < -0.4 is 20.1 Å². The quantitative estimate of drug-likeness (QED) is 0.884. The predicted molar refractivity (Wildman–Crippen MR) is 85.4 cm³/mol. The fraction of sp³-hybridized carbons (Fsp3) is 0.250. The van der Waals surface area contributed by atoms with Gasteiger partial charge >= 0.3 is 0 Å². The number of hydrogen-bond acceptors (Lipinski definition) is 4. The minimum absolute atomic E-state index is 0.560. The Morgan fingerprint density at radius 2 is 1.86 bits per heavy atom. The van der Waals surface area contributed by atoms with Gasteiger partial charge in [0, 0.05) is 30.7 Å². The van der Waals surface area contributed by atoms with Crippen molar-refractivity contribution < 1.29 is 9.47 Å². The van der Waals surface area contributed by atoms with Crippen molar-refractivity contribution in [2.75, 3.05) is 30.9 Å². The third kappa shape index (κ3) is 3.00. The SMILES string of the molecule is CN(Cc1cccc(Cl)c1)c1cc2c(cc1N)OCCO2. The van der Waals surface area contributed by atoms with Gasteiger partial charge in [-0.05, 0) is 17.7 Å². The minimum atomic E-state index is 0.560. The second-order valence-electron chi connectivity index (χ2n) is 5.04. The van der Waals surface area contributed by atoms with E-state index in [1.165, 1.54) is 0 Å². The topological polar surface area (TPSA) is 47.7 Å². The van der Waals surface area contributed by atoms with Crippen molar-refractivity contribution in [3.63, 3.8) is 0 Å². The predicted octanol–water partition coefficient (Wildman–Crippen LogP) is 3.33. The molecule has 4 nitrogen and oxygen atoms in total. The van der Waals surface area contributed by atoms with E-state index in [9.17, 15) is 0 Å². The van der Waals surface area contributed by atoms with Gasteiger partial charge in [-0.15, -0.1) is 0 Å². The highest BCUT2D eigenvalue weighted by Gasteiger charge is 2.16. The smallest absolute Gasteiger partial charge is 0.163 e. The van der Waals surface area contributed by atoms with Gasteiger partial charge < -0.3 is 20.1 Å². The highest BCUT2D eigenvalue weighted by Crippen LogP contribution is 2.38. The summed E-state index contributed by atoms with van der Waals surface area (Å²) in [6, 6.07) is 11.5. The lowest BCUT2D eigenvalue weighted by Crippen LogP contribution is -2.20. The van der Waals surface area contributed by atoms with Crippen LogP contribution in [0.15, 0.2) is 36.4 Å². The standard InChI is InChI=1S/C16H17ClN2O2/c1-19(10-11-3-2-4-12(17)7-11)14-9-16-15(8-13(14)18)20-5-6-21-16/h2-4,7-9H,5-6,10,18H2,1H3. The second kappa shape index (κ2) is 5.74. The van der Waals surface area contributed by atoms with Gasteiger partial charge in [-0.3, -0.25) is 0 Å². The number of ether oxygens (including phenoxy) is 2. The molecule has 1 heterocycles. The maximum atomic E-state index is 6.13. The summed E-state index contributed by atoms with van der Waals surface area (Å²) in [5, 5.41) is 0.732. The molecule has 0 spiro atoms. The molecule has 21 heavy (non-hydrogen) atoms. The number of anilines is 2. The van der Waals surface area contributed by atoms with E-state index in [2.05, 4.69) is 4.90 Å². The molecule has 2 N–H and O–H groups in total. The van der Waals surface area contributed by atoms with Gasteiger partial charge in [-0.1, -0.05) is 23.7 Å². The number of rotatable bonds is 3. The van der Waals surface area contributed by atoms with Crippen molar-refractivity contribution in [2.24, 2.45) is 0 Å². The normalized spacial score (nSPS) is 13.0. The molecule has 110 valence electrons. The molecule has 2 aromatic carbocycles. The third-order valence-electron chi connectivity index (χ3n) is 3.41. The molecule has 0 aliphatic carbocycles. The molecule has 0 bridgehead atoms. The van der Waals surface area contributed by atoms with Gasteiger partial charge in [0.1, 0.15) is 13.2 Å². The van der Waals surface area contributed by atoms with E-state index in [4.69, 9.17) is 26.8 Å². The lowest BCUT2D eigenvalue weighted by atomic mass is 10.1. The number of benzene rings is 2. The first-order valence-electron chi connectivity index (χ1n) is 6.78. The second-order valence-corrected chi connectivity index (χ2v) is 5.48. The average molecular weight is 305 g/mol. The van der Waals surface area contributed by atoms with Crippen LogP contribution in [-0.4, -0.2) is 20.3 Å². The minimum Gasteiger partial charge on any atom is -0.486 e. The van der Waals surface area contributed by atoms with Gasteiger partial charge in [0.25, 0.3) is 0 Å². The molecule has 0 amide bonds. The lowest BCUT2D eigenvalue weighted by molar-refractivity contribution is 0.172. The summed E-state index contributed by atoms with van der Waals surface area (Å²) >= 11 is 6.02. The van der Waals surface area contributed by atoms with E-state index < -0.39 is 0 Å². The van der Waals surface area contributed by atoms with Gasteiger partial charge in [0.05, 0.1) is 11.4 Å². The van der Waals surface area contributed by atoms with E-state index in [0.29, 0.717) is 31.2 Å². The molecule has 0 radical (unpaired) electrons. The van der Waals surface area contributed by atoms with Crippen molar-refractivity contribution in [2.45, 2.75) is 6.54 Å². The molecular weight excluding hydrogens is 288 g/mol. The van der Waals surface area contributed by atoms with Crippen molar-refractivity contribution >= 4 is 23.0 Å². The van der Waals surface area contributed by atoms with Crippen LogP contribution in [0.3, 0.4) is 0 Å². The summed E-state index contributed by atoms with van der Waals surface area (Å²) in [4.78, 5) is 2.07. The zero-order valence-corrected chi connectivity index (χ0v) is 12.6. The number of fused-ring (bicyclic) bond motifs is 1. The van der Waals surface area contributed by atoms with Crippen molar-refractivity contribution in [3.05, 3.63) is 47.0 Å². The van der Waals surface area contributed by atoms with E-state index in [1.54, 1.807) is 0 Å². The van der Waals surface area contributed by atoms with Crippen LogP contribution in [0.5, 0.6) is 11.5 Å². The fourth-order valence-corrected chi connectivity index (χ4v) is 2.63. The highest BCUT2D eigenvalue weighted by molar-refractivity contribution is 6.30. The van der Waals surface area contributed by atoms with Crippen molar-refractivity contribution in [1.82, 2.24) is 0 Å². The molecule has 0 atom stereocenters. The lowest BCUT2D eigenvalue weighted by Gasteiger charge is -2.25. The Balaban J connectivity index is 1.85. The van der Waals surface area contributed by atoms with Crippen LogP contribution in [0.25, 0.3) is 0 Å². The zero-order valence-electron chi connectivity index (χ0n) is 11.8. The van der Waals surface area contributed by atoms with Crippen molar-refractivity contribution in [3.8, 4) is 11.5 Å². The number of nitrogens with two attached hydrogens (primary N) is 1. The summed E-state index contributed by atoms with van der Waals surface area (Å²) in [6.07, 6.45) is 0. The molecule has 0 fully saturated rings. The maximum Gasteiger partial charge on any atom is 0.163 e. The van der Waals surface area contributed by atoms with Gasteiger partial charge in [-0.2, -0.15) is 0 Å². The first kappa shape index (κ1) is 13.9. The molecule has 5 heteroatoms. The molecule has 1 aliphatic heterocycles. The summed E-state index contributed by atoms with van der Waals surface area (Å²) in [6.45, 7) is 1.84. The Bertz CT molecular complexity index is 661. The summed E-state index contributed by atoms with van der Waals surface area (Å²) < 4.78 is 11.1. The Morgan fingerprint density at radius 1 is 1.14 bits per heavy atom. The Morgan fingerprint density at radius 3 is 2.57 bits per heavy atom. The molecule has 0 aromatic heterocycles. The fourth-order valence-electron chi connectivity index (χ4n) is 2.42. The first-order valence-corrected chi connectivity index (χ1v) is 7.16. The summed E-state index contributed by atoms with van der Waals surface area (Å²) in [7, 11) is 1.99. The number of hydrogen-bond donors (Lipinski definition) is 1. The molecule has 1 aliphatic rings. The Labute approximate surface area is 129 Å². The molecule has 2 aromatic rings. The maximum absolute atomic E-state index is 6.13. The van der Waals surface area contributed by atoms with Gasteiger partial charge in [0.2, 0.25) is 0 Å². The van der Waals surface area contributed by atoms with E-state index in [0.717, 1.165) is 22.0 Å². The van der Waals surface area contributed by atoms with E-state index in [-0.39, 0.29) is 0 Å². The number of halogens is 1. The molecular formula is C16H17ClN2O2. The highest BCUT2D eigenvalue weighted by atomic mass is 35.5. The number of nitrogen functional groups attached to an aromatic ring is 1. The van der Waals surface area contributed by atoms with Crippen LogP contribution in [-0.2, 0) is 6.54 Å². The van der Waals surface area contributed by atoms with E-state index in [1.807, 2.05) is 43.4 Å². The largest absolute Gasteiger partial charge is 0.486 e. The van der Waals surface area contributed by atoms with Gasteiger partial charge in [-0.25, -0.2) is 0 Å². The van der Waals surface area contributed by atoms with Crippen LogP contribution >= 0.6 is 11.6 Å². The summed E-state index contributed by atoms with van der Waals surface area (Å²) in [5.41, 5.74) is 8.84. The van der Waals surface area contributed by atoms with Crippen LogP contribution in [0.2, 0.25) is 5.02 Å². The average Bonchev–Trinajstić information content (AvgIpc) is 2.46. The Hall–Kier alpha value is -2.07. The van der Waals surface area contributed by atoms with Crippen molar-refractivity contribution in [1.29, 1.82) is 0 Å². The summed E-state index contributed by atoms with van der Waals surface area (Å²) in [5.74, 6) is 1.45. The molecule has 0 unspecified atom stereocenters. The zero-order chi connectivity index (χ0) is 14.8. The van der Waals surface area contributed by atoms with Gasteiger partial charge in [0.15, 0.2) is 11.5 Å². The Kier molecular flexibility index (Phi) is 3.80. The van der Waals surface area contributed by atoms with Crippen LogP contribution in [0.4, 0.5) is 11.4 Å². The van der Waals surface area contributed by atoms with Crippen LogP contribution in [0, 0.1) is 0 Å². The van der Waals surface area contributed by atoms with Crippen LogP contribution in [0.1, 0.15) is 5.56 Å².